The maximum atomic E-state index is 11.9. The Hall–Kier alpha value is -1.40. The van der Waals surface area contributed by atoms with Gasteiger partial charge in [-0.1, -0.05) is 20.3 Å². The Morgan fingerprint density at radius 2 is 2.08 bits per heavy atom. The van der Waals surface area contributed by atoms with Gasteiger partial charge in [-0.15, -0.1) is 12.4 Å². The summed E-state index contributed by atoms with van der Waals surface area (Å²) in [5.41, 5.74) is 2.18. The number of carbonyl (C=O) groups excluding carboxylic acids is 1. The summed E-state index contributed by atoms with van der Waals surface area (Å²) >= 11 is 0. The van der Waals surface area contributed by atoms with Gasteiger partial charge in [0.1, 0.15) is 0 Å². The van der Waals surface area contributed by atoms with Crippen LogP contribution in [0.5, 0.6) is 0 Å². The SMILES string of the molecule is Cc1cc(C2CCC2)nc(N2C[C@H](NC(=O)CCO)[C@@H](C(C)C)C2)n1.Cl. The minimum atomic E-state index is -0.111. The Labute approximate surface area is 162 Å². The number of rotatable bonds is 6. The van der Waals surface area contributed by atoms with Gasteiger partial charge < -0.3 is 15.3 Å². The number of aliphatic hydroxyl groups excluding tert-OH is 1. The maximum Gasteiger partial charge on any atom is 0.225 e. The summed E-state index contributed by atoms with van der Waals surface area (Å²) < 4.78 is 0. The zero-order valence-corrected chi connectivity index (χ0v) is 16.8. The molecule has 0 bridgehead atoms. The lowest BCUT2D eigenvalue weighted by molar-refractivity contribution is -0.122. The molecule has 0 radical (unpaired) electrons. The lowest BCUT2D eigenvalue weighted by Gasteiger charge is -2.26. The maximum absolute atomic E-state index is 11.9. The van der Waals surface area contributed by atoms with Crippen LogP contribution in [0.25, 0.3) is 0 Å². The number of aromatic nitrogens is 2. The number of nitrogens with zero attached hydrogens (tertiary/aromatic N) is 3. The standard InChI is InChI=1S/C19H30N4O2.ClH/c1-12(2)15-10-23(11-17(15)21-18(25)7-8-24)19-20-13(3)9-16(22-19)14-5-4-6-14;/h9,12,14-15,17,24H,4-8,10-11H2,1-3H3,(H,21,25);1H/t15-,17+;/m1./s1. The number of aliphatic hydroxyl groups is 1. The van der Waals surface area contributed by atoms with E-state index < -0.39 is 0 Å². The van der Waals surface area contributed by atoms with Crippen molar-refractivity contribution in [3.8, 4) is 0 Å². The Morgan fingerprint density at radius 1 is 1.35 bits per heavy atom. The van der Waals surface area contributed by atoms with Crippen molar-refractivity contribution in [1.29, 1.82) is 0 Å². The van der Waals surface area contributed by atoms with E-state index in [9.17, 15) is 4.79 Å². The van der Waals surface area contributed by atoms with Gasteiger partial charge >= 0.3 is 0 Å². The second kappa shape index (κ2) is 9.00. The van der Waals surface area contributed by atoms with Gasteiger partial charge in [-0.3, -0.25) is 4.79 Å². The van der Waals surface area contributed by atoms with Crippen molar-refractivity contribution in [2.24, 2.45) is 11.8 Å². The van der Waals surface area contributed by atoms with Crippen molar-refractivity contribution in [3.63, 3.8) is 0 Å². The normalized spacial score (nSPS) is 22.9. The van der Waals surface area contributed by atoms with Crippen molar-refractivity contribution in [1.82, 2.24) is 15.3 Å². The number of amides is 1. The molecule has 3 rings (SSSR count). The zero-order chi connectivity index (χ0) is 18.0. The molecule has 2 N–H and O–H groups in total. The van der Waals surface area contributed by atoms with Gasteiger partial charge in [-0.2, -0.15) is 0 Å². The van der Waals surface area contributed by atoms with Crippen LogP contribution in [0, 0.1) is 18.8 Å². The van der Waals surface area contributed by atoms with Crippen LogP contribution in [0.4, 0.5) is 5.95 Å². The van der Waals surface area contributed by atoms with E-state index in [1.54, 1.807) is 0 Å². The van der Waals surface area contributed by atoms with Crippen LogP contribution >= 0.6 is 12.4 Å². The topological polar surface area (TPSA) is 78.4 Å². The van der Waals surface area contributed by atoms with Gasteiger partial charge in [0.2, 0.25) is 11.9 Å². The van der Waals surface area contributed by atoms with Crippen LogP contribution in [0.2, 0.25) is 0 Å². The van der Waals surface area contributed by atoms with Crippen LogP contribution in [0.15, 0.2) is 6.07 Å². The number of anilines is 1. The third-order valence-corrected chi connectivity index (χ3v) is 5.58. The molecule has 0 unspecified atom stereocenters. The van der Waals surface area contributed by atoms with Gasteiger partial charge in [0.05, 0.1) is 12.6 Å². The van der Waals surface area contributed by atoms with Gasteiger partial charge in [0.15, 0.2) is 0 Å². The van der Waals surface area contributed by atoms with E-state index in [-0.39, 0.29) is 37.4 Å². The number of aryl methyl sites for hydroxylation is 1. The number of carbonyl (C=O) groups is 1. The molecule has 1 saturated carbocycles. The van der Waals surface area contributed by atoms with Crippen LogP contribution < -0.4 is 10.2 Å². The number of hydrogen-bond donors (Lipinski definition) is 2. The molecule has 6 nitrogen and oxygen atoms in total. The van der Waals surface area contributed by atoms with Gasteiger partial charge in [0, 0.05) is 42.7 Å². The van der Waals surface area contributed by atoms with Crippen LogP contribution in [-0.4, -0.2) is 46.7 Å². The quantitative estimate of drug-likeness (QED) is 0.790. The second-order valence-corrected chi connectivity index (χ2v) is 7.82. The molecule has 2 atom stereocenters. The van der Waals surface area contributed by atoms with E-state index in [4.69, 9.17) is 10.1 Å². The van der Waals surface area contributed by atoms with Crippen molar-refractivity contribution < 1.29 is 9.90 Å². The van der Waals surface area contributed by atoms with E-state index in [0.29, 0.717) is 17.8 Å². The molecule has 1 amide bonds. The Kier molecular flexibility index (Phi) is 7.24. The summed E-state index contributed by atoms with van der Waals surface area (Å²) in [5, 5.41) is 12.1. The molecule has 1 aromatic heterocycles. The lowest BCUT2D eigenvalue weighted by atomic mass is 9.83. The molecule has 7 heteroatoms. The molecule has 1 aliphatic heterocycles. The van der Waals surface area contributed by atoms with Crippen LogP contribution in [0.1, 0.15) is 56.8 Å². The van der Waals surface area contributed by atoms with Crippen molar-refractivity contribution in [2.45, 2.75) is 58.4 Å². The van der Waals surface area contributed by atoms with E-state index in [1.807, 2.05) is 6.92 Å². The second-order valence-electron chi connectivity index (χ2n) is 7.82. The first-order chi connectivity index (χ1) is 12.0. The fraction of sp³-hybridized carbons (Fsp3) is 0.737. The Balaban J connectivity index is 0.00000243. The third-order valence-electron chi connectivity index (χ3n) is 5.58. The highest BCUT2D eigenvalue weighted by molar-refractivity contribution is 5.85. The van der Waals surface area contributed by atoms with Gasteiger partial charge in [-0.05, 0) is 31.7 Å². The predicted octanol–water partition coefficient (Wildman–Crippen LogP) is 2.43. The van der Waals surface area contributed by atoms with E-state index >= 15 is 0 Å². The smallest absolute Gasteiger partial charge is 0.225 e. The summed E-state index contributed by atoms with van der Waals surface area (Å²) in [4.78, 5) is 23.7. The molecule has 26 heavy (non-hydrogen) atoms. The number of hydrogen-bond acceptors (Lipinski definition) is 5. The van der Waals surface area contributed by atoms with E-state index in [1.165, 1.54) is 25.0 Å². The molecule has 2 fully saturated rings. The highest BCUT2D eigenvalue weighted by atomic mass is 35.5. The monoisotopic (exact) mass is 382 g/mol. The highest BCUT2D eigenvalue weighted by Gasteiger charge is 2.37. The summed E-state index contributed by atoms with van der Waals surface area (Å²) in [5.74, 6) is 2.12. The fourth-order valence-electron chi connectivity index (χ4n) is 3.83. The molecule has 1 aliphatic carbocycles. The average molecular weight is 383 g/mol. The third kappa shape index (κ3) is 4.65. The summed E-state index contributed by atoms with van der Waals surface area (Å²) in [6.45, 7) is 7.89. The molecule has 2 aliphatic rings. The minimum Gasteiger partial charge on any atom is -0.396 e. The predicted molar refractivity (Wildman–Crippen MR) is 105 cm³/mol. The lowest BCUT2D eigenvalue weighted by Crippen LogP contribution is -2.42. The summed E-state index contributed by atoms with van der Waals surface area (Å²) in [7, 11) is 0. The number of halogens is 1. The van der Waals surface area contributed by atoms with Crippen LogP contribution in [-0.2, 0) is 4.79 Å². The summed E-state index contributed by atoms with van der Waals surface area (Å²) in [6, 6.07) is 2.19. The molecule has 146 valence electrons. The Morgan fingerprint density at radius 3 is 2.65 bits per heavy atom. The fourth-order valence-corrected chi connectivity index (χ4v) is 3.83. The molecule has 1 aromatic rings. The highest BCUT2D eigenvalue weighted by Crippen LogP contribution is 2.36. The first-order valence-electron chi connectivity index (χ1n) is 9.48. The molecular weight excluding hydrogens is 352 g/mol. The first kappa shape index (κ1) is 20.9. The molecule has 0 spiro atoms. The largest absolute Gasteiger partial charge is 0.396 e. The van der Waals surface area contributed by atoms with Crippen molar-refractivity contribution >= 4 is 24.3 Å². The molecule has 0 aromatic carbocycles. The Bertz CT molecular complexity index is 622. The molecule has 2 heterocycles. The zero-order valence-electron chi connectivity index (χ0n) is 15.9. The van der Waals surface area contributed by atoms with E-state index in [2.05, 4.69) is 35.1 Å². The number of nitrogens with one attached hydrogen (secondary N) is 1. The average Bonchev–Trinajstić information content (AvgIpc) is 2.89. The van der Waals surface area contributed by atoms with Crippen molar-refractivity contribution in [2.75, 3.05) is 24.6 Å². The first-order valence-corrected chi connectivity index (χ1v) is 9.48. The van der Waals surface area contributed by atoms with Gasteiger partial charge in [0.25, 0.3) is 0 Å². The minimum absolute atomic E-state index is 0. The van der Waals surface area contributed by atoms with E-state index in [0.717, 1.165) is 24.7 Å². The van der Waals surface area contributed by atoms with Crippen LogP contribution in [0.3, 0.4) is 0 Å². The van der Waals surface area contributed by atoms with Gasteiger partial charge in [-0.25, -0.2) is 9.97 Å². The molecule has 1 saturated heterocycles. The van der Waals surface area contributed by atoms with Crippen molar-refractivity contribution in [3.05, 3.63) is 17.5 Å². The molecular formula is C19H31ClN4O2. The summed E-state index contributed by atoms with van der Waals surface area (Å²) in [6.07, 6.45) is 3.91.